The zero-order valence-electron chi connectivity index (χ0n) is 3.97. The molecule has 0 rings (SSSR count). The van der Waals surface area contributed by atoms with Crippen LogP contribution in [0.3, 0.4) is 0 Å². The average molecular weight is 368 g/mol. The second-order valence-corrected chi connectivity index (χ2v) is 6.37. The summed E-state index contributed by atoms with van der Waals surface area (Å²) in [4.78, 5) is 0. The molecule has 0 aliphatic heterocycles. The van der Waals surface area contributed by atoms with Crippen molar-refractivity contribution < 1.29 is 17.6 Å². The van der Waals surface area contributed by atoms with Crippen molar-refractivity contribution in [3.8, 4) is 0 Å². The molecule has 0 aliphatic rings. The van der Waals surface area contributed by atoms with Crippen LogP contribution in [0.4, 0.5) is 17.6 Å². The second kappa shape index (κ2) is 3.05. The second-order valence-electron chi connectivity index (χ2n) is 1.34. The monoisotopic (exact) mass is 368 g/mol. The maximum atomic E-state index is 12.2. The van der Waals surface area contributed by atoms with Gasteiger partial charge in [-0.3, -0.25) is 0 Å². The molecule has 9 heavy (non-hydrogen) atoms. The molecule has 0 nitrogen and oxygen atoms in total. The van der Waals surface area contributed by atoms with Gasteiger partial charge in [0.25, 0.3) is 1.68 Å². The quantitative estimate of drug-likeness (QED) is 0.400. The highest BCUT2D eigenvalue weighted by molar-refractivity contribution is 14.2. The third kappa shape index (κ3) is 2.72. The molecule has 0 heterocycles. The lowest BCUT2D eigenvalue weighted by Crippen LogP contribution is -2.35. The SMILES string of the molecule is FCC(F)(F)C(F)(I)I. The molecule has 0 aromatic heterocycles. The first kappa shape index (κ1) is 10.2. The van der Waals surface area contributed by atoms with Crippen LogP contribution in [0, 0.1) is 0 Å². The van der Waals surface area contributed by atoms with Gasteiger partial charge in [-0.1, -0.05) is 0 Å². The first-order chi connectivity index (χ1) is 3.81. The standard InChI is InChI=1S/C3H2F4I2/c4-1-2(5,6)3(7,8)9/h1H2. The van der Waals surface area contributed by atoms with Gasteiger partial charge in [0.1, 0.15) is 0 Å². The van der Waals surface area contributed by atoms with E-state index in [0.717, 1.165) is 45.2 Å². The molecular formula is C3H2F4I2. The van der Waals surface area contributed by atoms with Crippen LogP contribution in [0.25, 0.3) is 0 Å². The minimum atomic E-state index is -3.88. The van der Waals surface area contributed by atoms with Crippen molar-refractivity contribution in [2.24, 2.45) is 0 Å². The molecule has 0 aromatic carbocycles. The van der Waals surface area contributed by atoms with Crippen molar-refractivity contribution in [1.29, 1.82) is 0 Å². The Hall–Kier alpha value is 1.18. The third-order valence-corrected chi connectivity index (χ3v) is 2.16. The van der Waals surface area contributed by atoms with Crippen LogP contribution in [0.1, 0.15) is 0 Å². The first-order valence-corrected chi connectivity index (χ1v) is 3.97. The fourth-order valence-electron chi connectivity index (χ4n) is 0.0758. The van der Waals surface area contributed by atoms with Crippen LogP contribution in [-0.2, 0) is 0 Å². The molecule has 0 saturated carbocycles. The Morgan fingerprint density at radius 2 is 1.44 bits per heavy atom. The average Bonchev–Trinajstić information content (AvgIpc) is 1.64. The van der Waals surface area contributed by atoms with E-state index < -0.39 is 14.3 Å². The summed E-state index contributed by atoms with van der Waals surface area (Å²) in [5.74, 6) is -3.88. The largest absolute Gasteiger partial charge is 0.327 e. The maximum Gasteiger partial charge on any atom is 0.327 e. The van der Waals surface area contributed by atoms with Crippen LogP contribution in [0.2, 0.25) is 0 Å². The minimum absolute atomic E-state index is 0.849. The molecule has 0 unspecified atom stereocenters. The van der Waals surface area contributed by atoms with E-state index >= 15 is 0 Å². The Bertz CT molecular complexity index is 96.5. The number of halogens is 6. The molecule has 0 spiro atoms. The summed E-state index contributed by atoms with van der Waals surface area (Å²) in [6.45, 7) is -1.96. The molecule has 0 fully saturated rings. The Morgan fingerprint density at radius 3 is 1.44 bits per heavy atom. The molecular weight excluding hydrogens is 366 g/mol. The molecule has 0 amide bonds. The highest BCUT2D eigenvalue weighted by atomic mass is 127. The summed E-state index contributed by atoms with van der Waals surface area (Å²) in [5.41, 5.74) is 0. The molecule has 0 atom stereocenters. The Kier molecular flexibility index (Phi) is 3.46. The third-order valence-electron chi connectivity index (χ3n) is 0.583. The summed E-state index contributed by atoms with van der Waals surface area (Å²) in [6, 6.07) is 0. The molecule has 0 aliphatic carbocycles. The molecule has 0 saturated heterocycles. The van der Waals surface area contributed by atoms with Crippen LogP contribution < -0.4 is 0 Å². The smallest absolute Gasteiger partial charge is 0.244 e. The Morgan fingerprint density at radius 1 is 1.11 bits per heavy atom. The van der Waals surface area contributed by atoms with Gasteiger partial charge in [-0.15, -0.1) is 0 Å². The van der Waals surface area contributed by atoms with Gasteiger partial charge in [-0.05, 0) is 45.2 Å². The van der Waals surface area contributed by atoms with Crippen LogP contribution in [0.5, 0.6) is 0 Å². The first-order valence-electron chi connectivity index (χ1n) is 1.82. The number of hydrogen-bond donors (Lipinski definition) is 0. The summed E-state index contributed by atoms with van der Waals surface area (Å²) in [5, 5.41) is 0. The molecule has 0 bridgehead atoms. The predicted molar refractivity (Wildman–Crippen MR) is 42.8 cm³/mol. The predicted octanol–water partition coefficient (Wildman–Crippen LogP) is 3.08. The van der Waals surface area contributed by atoms with Gasteiger partial charge >= 0.3 is 5.92 Å². The van der Waals surface area contributed by atoms with Crippen LogP contribution in [-0.4, -0.2) is 14.3 Å². The number of rotatable bonds is 2. The van der Waals surface area contributed by atoms with E-state index in [9.17, 15) is 17.6 Å². The van der Waals surface area contributed by atoms with E-state index in [2.05, 4.69) is 0 Å². The van der Waals surface area contributed by atoms with Gasteiger partial charge in [-0.25, -0.2) is 8.78 Å². The van der Waals surface area contributed by atoms with Crippen molar-refractivity contribution in [3.05, 3.63) is 0 Å². The maximum absolute atomic E-state index is 12.2. The van der Waals surface area contributed by atoms with E-state index in [1.54, 1.807) is 0 Å². The molecule has 0 aromatic rings. The highest BCUT2D eigenvalue weighted by Crippen LogP contribution is 2.44. The van der Waals surface area contributed by atoms with Crippen LogP contribution >= 0.6 is 45.2 Å². The molecule has 0 radical (unpaired) electrons. The minimum Gasteiger partial charge on any atom is -0.244 e. The highest BCUT2D eigenvalue weighted by Gasteiger charge is 2.51. The van der Waals surface area contributed by atoms with E-state index in [1.165, 1.54) is 0 Å². The zero-order valence-corrected chi connectivity index (χ0v) is 8.29. The van der Waals surface area contributed by atoms with Gasteiger partial charge < -0.3 is 0 Å². The number of alkyl halides is 6. The van der Waals surface area contributed by atoms with Crippen molar-refractivity contribution in [2.45, 2.75) is 7.60 Å². The van der Waals surface area contributed by atoms with Gasteiger partial charge in [-0.2, -0.15) is 8.78 Å². The summed E-state index contributed by atoms with van der Waals surface area (Å²) in [6.07, 6.45) is 0. The fraction of sp³-hybridized carbons (Fsp3) is 1.00. The molecule has 56 valence electrons. The fourth-order valence-corrected chi connectivity index (χ4v) is 0.364. The lowest BCUT2D eigenvalue weighted by molar-refractivity contribution is -0.0561. The van der Waals surface area contributed by atoms with Gasteiger partial charge in [0.15, 0.2) is 6.67 Å². The normalized spacial score (nSPS) is 14.0. The zero-order chi connectivity index (χ0) is 7.71. The van der Waals surface area contributed by atoms with Crippen LogP contribution in [0.15, 0.2) is 0 Å². The summed E-state index contributed by atoms with van der Waals surface area (Å²) in [7, 11) is 0. The number of hydrogen-bond acceptors (Lipinski definition) is 0. The Balaban J connectivity index is 4.14. The summed E-state index contributed by atoms with van der Waals surface area (Å²) >= 11 is 1.70. The molecule has 0 N–H and O–H groups in total. The Labute approximate surface area is 76.7 Å². The lowest BCUT2D eigenvalue weighted by Gasteiger charge is -2.19. The molecule has 6 heteroatoms. The topological polar surface area (TPSA) is 0 Å². The summed E-state index contributed by atoms with van der Waals surface area (Å²) < 4.78 is 44.4. The van der Waals surface area contributed by atoms with Crippen molar-refractivity contribution >= 4 is 45.2 Å². The van der Waals surface area contributed by atoms with E-state index in [1.807, 2.05) is 0 Å². The van der Waals surface area contributed by atoms with Crippen molar-refractivity contribution in [3.63, 3.8) is 0 Å². The van der Waals surface area contributed by atoms with E-state index in [0.29, 0.717) is 0 Å². The van der Waals surface area contributed by atoms with Crippen molar-refractivity contribution in [1.82, 2.24) is 0 Å². The van der Waals surface area contributed by atoms with Crippen molar-refractivity contribution in [2.75, 3.05) is 6.67 Å². The van der Waals surface area contributed by atoms with Gasteiger partial charge in [0.05, 0.1) is 0 Å². The van der Waals surface area contributed by atoms with Gasteiger partial charge in [0.2, 0.25) is 0 Å². The van der Waals surface area contributed by atoms with E-state index in [-0.39, 0.29) is 0 Å². The van der Waals surface area contributed by atoms with E-state index in [4.69, 9.17) is 0 Å². The van der Waals surface area contributed by atoms with Gasteiger partial charge in [0, 0.05) is 0 Å². The lowest BCUT2D eigenvalue weighted by atomic mass is 10.4.